The largest absolute Gasteiger partial charge is 0.311 e. The fourth-order valence-corrected chi connectivity index (χ4v) is 4.06. The van der Waals surface area contributed by atoms with E-state index in [0.29, 0.717) is 5.41 Å². The molecule has 1 N–H and O–H groups in total. The summed E-state index contributed by atoms with van der Waals surface area (Å²) in [6.45, 7) is 16.8. The van der Waals surface area contributed by atoms with Gasteiger partial charge in [0.2, 0.25) is 0 Å². The monoisotopic (exact) mass is 295 g/mol. The van der Waals surface area contributed by atoms with Gasteiger partial charge in [-0.05, 0) is 52.0 Å². The predicted molar refractivity (Wildman–Crippen MR) is 91.8 cm³/mol. The molecule has 0 aromatic heterocycles. The molecule has 1 aliphatic heterocycles. The first kappa shape index (κ1) is 17.2. The third kappa shape index (κ3) is 5.54. The van der Waals surface area contributed by atoms with Crippen molar-refractivity contribution in [3.63, 3.8) is 0 Å². The molecule has 0 aromatic rings. The van der Waals surface area contributed by atoms with E-state index >= 15 is 0 Å². The molecule has 0 radical (unpaired) electrons. The van der Waals surface area contributed by atoms with Gasteiger partial charge in [0.1, 0.15) is 0 Å². The summed E-state index contributed by atoms with van der Waals surface area (Å²) in [5, 5.41) is 3.81. The molecule has 1 heterocycles. The minimum atomic E-state index is 0.232. The minimum Gasteiger partial charge on any atom is -0.311 e. The molecule has 1 saturated heterocycles. The molecule has 0 aromatic carbocycles. The van der Waals surface area contributed by atoms with E-state index in [1.54, 1.807) is 0 Å². The smallest absolute Gasteiger partial charge is 0.0110 e. The van der Waals surface area contributed by atoms with Crippen molar-refractivity contribution in [1.82, 2.24) is 15.1 Å². The van der Waals surface area contributed by atoms with Crippen LogP contribution in [-0.4, -0.2) is 61.7 Å². The number of hydrogen-bond donors (Lipinski definition) is 1. The summed E-state index contributed by atoms with van der Waals surface area (Å²) in [4.78, 5) is 5.18. The molecule has 2 aliphatic rings. The zero-order chi connectivity index (χ0) is 15.5. The van der Waals surface area contributed by atoms with Crippen LogP contribution in [0, 0.1) is 11.3 Å². The molecular formula is C18H37N3. The van der Waals surface area contributed by atoms with E-state index in [-0.39, 0.29) is 5.54 Å². The molecule has 124 valence electrons. The van der Waals surface area contributed by atoms with Crippen LogP contribution in [0.15, 0.2) is 0 Å². The number of nitrogens with zero attached hydrogens (tertiary/aromatic N) is 2. The van der Waals surface area contributed by atoms with E-state index in [4.69, 9.17) is 0 Å². The van der Waals surface area contributed by atoms with Crippen LogP contribution in [0.3, 0.4) is 0 Å². The molecule has 2 rings (SSSR count). The number of hydrogen-bond acceptors (Lipinski definition) is 3. The minimum absolute atomic E-state index is 0.232. The second-order valence-corrected chi connectivity index (χ2v) is 8.88. The Bertz CT molecular complexity index is 315. The SMILES string of the molecule is CC1CCCC(CNC(C)(C)C)(CN2CCN(C)CC2)C1. The Morgan fingerprint density at radius 3 is 2.38 bits per heavy atom. The second-order valence-electron chi connectivity index (χ2n) is 8.88. The van der Waals surface area contributed by atoms with E-state index in [9.17, 15) is 0 Å². The summed E-state index contributed by atoms with van der Waals surface area (Å²) >= 11 is 0. The Labute approximate surface area is 132 Å². The van der Waals surface area contributed by atoms with Crippen LogP contribution in [0.5, 0.6) is 0 Å². The normalized spacial score (nSPS) is 33.3. The van der Waals surface area contributed by atoms with Crippen LogP contribution >= 0.6 is 0 Å². The predicted octanol–water partition coefficient (Wildman–Crippen LogP) is 2.82. The molecule has 21 heavy (non-hydrogen) atoms. The molecule has 0 amide bonds. The summed E-state index contributed by atoms with van der Waals surface area (Å²) in [7, 11) is 2.25. The van der Waals surface area contributed by atoms with Crippen LogP contribution in [0.2, 0.25) is 0 Å². The van der Waals surface area contributed by atoms with Gasteiger partial charge in [0, 0.05) is 44.8 Å². The van der Waals surface area contributed by atoms with Gasteiger partial charge in [-0.2, -0.15) is 0 Å². The van der Waals surface area contributed by atoms with Gasteiger partial charge in [0.15, 0.2) is 0 Å². The van der Waals surface area contributed by atoms with Gasteiger partial charge < -0.3 is 15.1 Å². The first-order chi connectivity index (χ1) is 9.78. The fourth-order valence-electron chi connectivity index (χ4n) is 4.06. The Balaban J connectivity index is 1.97. The van der Waals surface area contributed by atoms with Crippen LogP contribution in [0.1, 0.15) is 53.4 Å². The highest BCUT2D eigenvalue weighted by atomic mass is 15.2. The Hall–Kier alpha value is -0.120. The van der Waals surface area contributed by atoms with E-state index in [0.717, 1.165) is 5.92 Å². The molecule has 2 atom stereocenters. The van der Waals surface area contributed by atoms with Gasteiger partial charge >= 0.3 is 0 Å². The van der Waals surface area contributed by atoms with Crippen molar-refractivity contribution in [2.24, 2.45) is 11.3 Å². The summed E-state index contributed by atoms with van der Waals surface area (Å²) in [6.07, 6.45) is 5.66. The van der Waals surface area contributed by atoms with Crippen molar-refractivity contribution in [3.8, 4) is 0 Å². The van der Waals surface area contributed by atoms with Crippen molar-refractivity contribution >= 4 is 0 Å². The van der Waals surface area contributed by atoms with Crippen molar-refractivity contribution < 1.29 is 0 Å². The van der Waals surface area contributed by atoms with Crippen LogP contribution in [0.25, 0.3) is 0 Å². The summed E-state index contributed by atoms with van der Waals surface area (Å²) in [5.74, 6) is 0.896. The Morgan fingerprint density at radius 2 is 1.81 bits per heavy atom. The first-order valence-electron chi connectivity index (χ1n) is 8.94. The maximum atomic E-state index is 3.81. The lowest BCUT2D eigenvalue weighted by Gasteiger charge is -2.46. The zero-order valence-electron chi connectivity index (χ0n) is 15.0. The second kappa shape index (κ2) is 6.97. The first-order valence-corrected chi connectivity index (χ1v) is 8.94. The van der Waals surface area contributed by atoms with Crippen molar-refractivity contribution in [2.45, 2.75) is 58.9 Å². The molecule has 1 aliphatic carbocycles. The average Bonchev–Trinajstić information content (AvgIpc) is 2.39. The number of rotatable bonds is 4. The van der Waals surface area contributed by atoms with Crippen LogP contribution in [-0.2, 0) is 0 Å². The Morgan fingerprint density at radius 1 is 1.14 bits per heavy atom. The topological polar surface area (TPSA) is 18.5 Å². The molecule has 0 bridgehead atoms. The number of piperazine rings is 1. The van der Waals surface area contributed by atoms with Gasteiger partial charge in [-0.3, -0.25) is 0 Å². The number of likely N-dealkylation sites (N-methyl/N-ethyl adjacent to an activating group) is 1. The molecule has 0 spiro atoms. The molecule has 3 heteroatoms. The van der Waals surface area contributed by atoms with E-state index in [2.05, 4.69) is 49.9 Å². The van der Waals surface area contributed by atoms with Gasteiger partial charge in [0.25, 0.3) is 0 Å². The third-order valence-electron chi connectivity index (χ3n) is 5.33. The van der Waals surface area contributed by atoms with Crippen molar-refractivity contribution in [3.05, 3.63) is 0 Å². The lowest BCUT2D eigenvalue weighted by Crippen LogP contribution is -2.54. The number of nitrogens with one attached hydrogen (secondary N) is 1. The lowest BCUT2D eigenvalue weighted by molar-refractivity contribution is 0.0505. The van der Waals surface area contributed by atoms with Crippen LogP contribution < -0.4 is 5.32 Å². The highest BCUT2D eigenvalue weighted by molar-refractivity contribution is 4.92. The zero-order valence-corrected chi connectivity index (χ0v) is 15.0. The molecular weight excluding hydrogens is 258 g/mol. The quantitative estimate of drug-likeness (QED) is 0.860. The average molecular weight is 296 g/mol. The Kier molecular flexibility index (Phi) is 5.72. The summed E-state index contributed by atoms with van der Waals surface area (Å²) in [6, 6.07) is 0. The maximum Gasteiger partial charge on any atom is 0.0110 e. The maximum absolute atomic E-state index is 3.81. The third-order valence-corrected chi connectivity index (χ3v) is 5.33. The highest BCUT2D eigenvalue weighted by Crippen LogP contribution is 2.40. The standard InChI is InChI=1S/C18H37N3/c1-16-7-6-8-18(13-16,14-19-17(2,3)4)15-21-11-9-20(5)10-12-21/h16,19H,6-15H2,1-5H3. The highest BCUT2D eigenvalue weighted by Gasteiger charge is 2.37. The van der Waals surface area contributed by atoms with Gasteiger partial charge in [-0.1, -0.05) is 19.8 Å². The lowest BCUT2D eigenvalue weighted by atomic mass is 9.69. The molecule has 2 unspecified atom stereocenters. The molecule has 1 saturated carbocycles. The van der Waals surface area contributed by atoms with Crippen LogP contribution in [0.4, 0.5) is 0 Å². The fraction of sp³-hybridized carbons (Fsp3) is 1.00. The van der Waals surface area contributed by atoms with Gasteiger partial charge in [0.05, 0.1) is 0 Å². The summed E-state index contributed by atoms with van der Waals surface area (Å²) < 4.78 is 0. The van der Waals surface area contributed by atoms with E-state index < -0.39 is 0 Å². The van der Waals surface area contributed by atoms with Gasteiger partial charge in [-0.25, -0.2) is 0 Å². The van der Waals surface area contributed by atoms with Crippen molar-refractivity contribution in [2.75, 3.05) is 46.3 Å². The van der Waals surface area contributed by atoms with Gasteiger partial charge in [-0.15, -0.1) is 0 Å². The van der Waals surface area contributed by atoms with E-state index in [1.165, 1.54) is 65.0 Å². The van der Waals surface area contributed by atoms with Crippen molar-refractivity contribution in [1.29, 1.82) is 0 Å². The van der Waals surface area contributed by atoms with E-state index in [1.807, 2.05) is 0 Å². The molecule has 3 nitrogen and oxygen atoms in total. The molecule has 2 fully saturated rings. The summed E-state index contributed by atoms with van der Waals surface area (Å²) in [5.41, 5.74) is 0.733.